The maximum absolute atomic E-state index is 13.2. The number of carbonyl (C=O) groups excluding carboxylic acids is 4. The molecule has 80 heavy (non-hydrogen) atoms. The number of amides is 4. The summed E-state index contributed by atoms with van der Waals surface area (Å²) in [6.07, 6.45) is 28.0. The maximum Gasteiger partial charge on any atom is 0.251 e. The zero-order valence-electron chi connectivity index (χ0n) is 47.3. The summed E-state index contributed by atoms with van der Waals surface area (Å²) in [5, 5.41) is 12.8. The molecule has 424 valence electrons. The molecular weight excluding hydrogens is 1010 g/mol. The van der Waals surface area contributed by atoms with Crippen molar-refractivity contribution in [3.05, 3.63) is 59.9 Å². The van der Waals surface area contributed by atoms with Crippen LogP contribution in [-0.2, 0) is 9.59 Å². The van der Waals surface area contributed by atoms with Crippen LogP contribution in [-0.4, -0.2) is 159 Å². The number of hydrogen-bond donors (Lipinski definition) is 4. The van der Waals surface area contributed by atoms with Crippen LogP contribution >= 0.6 is 0 Å². The number of nitrogens with zero attached hydrogens (tertiary/aromatic N) is 10. The van der Waals surface area contributed by atoms with E-state index >= 15 is 0 Å². The van der Waals surface area contributed by atoms with E-state index in [1.165, 1.54) is 0 Å². The van der Waals surface area contributed by atoms with Crippen molar-refractivity contribution in [2.75, 3.05) is 112 Å². The average molecular weight is 1090 g/mol. The Morgan fingerprint density at radius 1 is 0.588 bits per heavy atom. The molecule has 4 amide bonds. The highest BCUT2D eigenvalue weighted by Gasteiger charge is 2.39. The van der Waals surface area contributed by atoms with Crippen LogP contribution in [0.5, 0.6) is 11.5 Å². The molecule has 10 rings (SSSR count). The first kappa shape index (κ1) is 57.0. The summed E-state index contributed by atoms with van der Waals surface area (Å²) in [6, 6.07) is 11.6. The first-order valence-electron chi connectivity index (χ1n) is 28.3. The highest BCUT2D eigenvalue weighted by atomic mass is 16.5. The molecule has 0 unspecified atom stereocenters. The maximum atomic E-state index is 13.2. The van der Waals surface area contributed by atoms with Gasteiger partial charge in [0.2, 0.25) is 23.7 Å². The van der Waals surface area contributed by atoms with Crippen LogP contribution in [0.3, 0.4) is 0 Å². The summed E-state index contributed by atoms with van der Waals surface area (Å²) in [5.41, 5.74) is 3.72. The van der Waals surface area contributed by atoms with E-state index in [0.717, 1.165) is 115 Å². The van der Waals surface area contributed by atoms with Crippen LogP contribution in [0, 0.1) is 36.5 Å². The second kappa shape index (κ2) is 26.1. The Morgan fingerprint density at radius 2 is 0.963 bits per heavy atom. The molecular formula is C60H78N14O6. The van der Waals surface area contributed by atoms with E-state index in [1.807, 2.05) is 12.1 Å². The number of aromatic nitrogens is 4. The summed E-state index contributed by atoms with van der Waals surface area (Å²) in [5.74, 6) is 7.79. The number of methoxy groups -OCH3 is 2. The number of carbonyl (C=O) groups is 4. The predicted molar refractivity (Wildman–Crippen MR) is 312 cm³/mol. The molecule has 2 aromatic heterocycles. The number of ether oxygens (including phenoxy) is 2. The molecule has 4 aromatic rings. The second-order valence-electron chi connectivity index (χ2n) is 22.2. The molecule has 4 aliphatic heterocycles. The Bertz CT molecular complexity index is 2750. The third-order valence-electron chi connectivity index (χ3n) is 16.7. The number of piperidine rings is 2. The lowest BCUT2D eigenvalue weighted by Crippen LogP contribution is -2.43. The largest absolute Gasteiger partial charge is 0.495 e. The summed E-state index contributed by atoms with van der Waals surface area (Å²) in [6.45, 7) is 4.97. The van der Waals surface area contributed by atoms with E-state index in [-0.39, 0.29) is 47.5 Å². The fourth-order valence-corrected chi connectivity index (χ4v) is 12.0. The molecule has 20 nitrogen and oxygen atoms in total. The van der Waals surface area contributed by atoms with Crippen LogP contribution in [0.25, 0.3) is 0 Å². The van der Waals surface area contributed by atoms with Gasteiger partial charge < -0.3 is 60.1 Å². The van der Waals surface area contributed by atoms with Crippen molar-refractivity contribution in [1.29, 1.82) is 0 Å². The Balaban J connectivity index is 0.000000194. The Morgan fingerprint density at radius 3 is 1.31 bits per heavy atom. The lowest BCUT2D eigenvalue weighted by Gasteiger charge is -2.31. The third kappa shape index (κ3) is 13.1. The van der Waals surface area contributed by atoms with Crippen LogP contribution in [0.15, 0.2) is 48.8 Å². The molecule has 6 heterocycles. The number of anilines is 8. The minimum Gasteiger partial charge on any atom is -0.495 e. The van der Waals surface area contributed by atoms with Gasteiger partial charge in [-0.15, -0.1) is 24.7 Å². The average Bonchev–Trinajstić information content (AvgIpc) is 4.21. The Hall–Kier alpha value is -7.68. The molecule has 0 bridgehead atoms. The molecule has 2 saturated heterocycles. The van der Waals surface area contributed by atoms with Crippen molar-refractivity contribution in [1.82, 2.24) is 40.4 Å². The van der Waals surface area contributed by atoms with E-state index in [1.54, 1.807) is 74.8 Å². The molecule has 6 aliphatic rings. The Kier molecular flexibility index (Phi) is 18.6. The molecule has 4 fully saturated rings. The van der Waals surface area contributed by atoms with Gasteiger partial charge in [-0.2, -0.15) is 9.97 Å². The number of fused-ring (bicyclic) bond motifs is 2. The lowest BCUT2D eigenvalue weighted by molar-refractivity contribution is -0.122. The van der Waals surface area contributed by atoms with E-state index in [4.69, 9.17) is 32.3 Å². The van der Waals surface area contributed by atoms with Gasteiger partial charge in [-0.05, 0) is 128 Å². The molecule has 2 aromatic carbocycles. The molecule has 0 spiro atoms. The Labute approximate surface area is 471 Å². The number of nitrogens with one attached hydrogen (secondary N) is 4. The molecule has 2 aliphatic carbocycles. The SMILES string of the molecule is C#CC[C@@H]1CN(C2CCCC2)c2nc(Nc3ccc(C(=O)NC4CCN(C)CC4)cc3OC)ncc2N(C)C1=O.C#CC[C@H]1CN(C2CCCC2)c2nc(Nc3ccc(C(=O)NC4CCN(C)CC4)cc3OC)ncc2N(C)C1=O. The highest BCUT2D eigenvalue weighted by Crippen LogP contribution is 2.41. The molecule has 20 heteroatoms. The smallest absolute Gasteiger partial charge is 0.251 e. The van der Waals surface area contributed by atoms with Gasteiger partial charge in [0.15, 0.2) is 11.6 Å². The third-order valence-corrected chi connectivity index (χ3v) is 16.7. The summed E-state index contributed by atoms with van der Waals surface area (Å²) < 4.78 is 11.3. The molecule has 2 saturated carbocycles. The standard InChI is InChI=1S/2C30H39N7O3/c2*1-5-8-21-19-37(23-9-6-7-10-23)27-25(36(3)29(21)39)18-31-30(34-27)33-24-12-11-20(17-26(24)40-4)28(38)32-22-13-15-35(2)16-14-22/h2*1,11-12,17-18,21-23H,6-10,13-16,19H2,2-4H3,(H,32,38)(H,31,33,34)/t2*21-/m10/s1. The topological polar surface area (TPSA) is 206 Å². The summed E-state index contributed by atoms with van der Waals surface area (Å²) in [7, 11) is 10.9. The zero-order chi connectivity index (χ0) is 56.5. The number of benzene rings is 2. The number of hydrogen-bond acceptors (Lipinski definition) is 16. The van der Waals surface area contributed by atoms with E-state index in [0.29, 0.717) is 95.3 Å². The number of terminal acetylenes is 2. The van der Waals surface area contributed by atoms with Crippen molar-refractivity contribution in [2.24, 2.45) is 11.8 Å². The van der Waals surface area contributed by atoms with E-state index < -0.39 is 0 Å². The van der Waals surface area contributed by atoms with Crippen LogP contribution < -0.4 is 50.3 Å². The van der Waals surface area contributed by atoms with Crippen molar-refractivity contribution in [3.8, 4) is 36.2 Å². The van der Waals surface area contributed by atoms with Gasteiger partial charge in [-0.1, -0.05) is 25.7 Å². The number of likely N-dealkylation sites (tertiary alicyclic amines) is 2. The van der Waals surface area contributed by atoms with Crippen molar-refractivity contribution < 1.29 is 28.7 Å². The quantitative estimate of drug-likeness (QED) is 0.0955. The van der Waals surface area contributed by atoms with Crippen molar-refractivity contribution in [2.45, 2.75) is 114 Å². The van der Waals surface area contributed by atoms with Crippen molar-refractivity contribution in [3.63, 3.8) is 0 Å². The normalized spacial score (nSPS) is 20.6. The molecule has 0 radical (unpaired) electrons. The zero-order valence-corrected chi connectivity index (χ0v) is 47.3. The van der Waals surface area contributed by atoms with Gasteiger partial charge in [0.05, 0.1) is 49.8 Å². The van der Waals surface area contributed by atoms with Crippen LogP contribution in [0.4, 0.5) is 46.3 Å². The molecule has 4 N–H and O–H groups in total. The second-order valence-corrected chi connectivity index (χ2v) is 22.2. The number of rotatable bonds is 14. The van der Waals surface area contributed by atoms with Gasteiger partial charge in [0.25, 0.3) is 11.8 Å². The highest BCUT2D eigenvalue weighted by molar-refractivity contribution is 6.00. The van der Waals surface area contributed by atoms with Crippen LogP contribution in [0.1, 0.15) is 111 Å². The van der Waals surface area contributed by atoms with Gasteiger partial charge in [-0.25, -0.2) is 9.97 Å². The fourth-order valence-electron chi connectivity index (χ4n) is 12.0. The van der Waals surface area contributed by atoms with E-state index in [9.17, 15) is 19.2 Å². The van der Waals surface area contributed by atoms with E-state index in [2.05, 4.69) is 76.8 Å². The van der Waals surface area contributed by atoms with Gasteiger partial charge in [-0.3, -0.25) is 19.2 Å². The minimum atomic E-state index is -0.297. The van der Waals surface area contributed by atoms with Gasteiger partial charge in [0.1, 0.15) is 22.9 Å². The predicted octanol–water partition coefficient (Wildman–Crippen LogP) is 6.84. The van der Waals surface area contributed by atoms with Gasteiger partial charge >= 0.3 is 0 Å². The summed E-state index contributed by atoms with van der Waals surface area (Å²) >= 11 is 0. The van der Waals surface area contributed by atoms with Crippen molar-refractivity contribution >= 4 is 69.9 Å². The molecule has 2 atom stereocenters. The summed E-state index contributed by atoms with van der Waals surface area (Å²) in [4.78, 5) is 83.6. The first-order chi connectivity index (χ1) is 38.7. The van der Waals surface area contributed by atoms with Crippen LogP contribution in [0.2, 0.25) is 0 Å². The lowest BCUT2D eigenvalue weighted by atomic mass is 10.0. The first-order valence-corrected chi connectivity index (χ1v) is 28.3. The fraction of sp³-hybridized carbons (Fsp3) is 0.533. The van der Waals surface area contributed by atoms with Gasteiger partial charge in [0, 0.05) is 75.3 Å². The monoisotopic (exact) mass is 1090 g/mol. The minimum absolute atomic E-state index is 0.0141.